The zero-order chi connectivity index (χ0) is 28.7. The van der Waals surface area contributed by atoms with Crippen molar-refractivity contribution >= 4 is 23.9 Å². The molecule has 0 spiro atoms. The third-order valence-electron chi connectivity index (χ3n) is 7.56. The van der Waals surface area contributed by atoms with E-state index in [0.29, 0.717) is 25.7 Å². The van der Waals surface area contributed by atoms with Crippen molar-refractivity contribution in [3.05, 3.63) is 35.9 Å². The van der Waals surface area contributed by atoms with Gasteiger partial charge in [-0.1, -0.05) is 82.2 Å². The molecule has 40 heavy (non-hydrogen) atoms. The highest BCUT2D eigenvalue weighted by atomic mass is 16.6. The summed E-state index contributed by atoms with van der Waals surface area (Å²) >= 11 is 0. The highest BCUT2D eigenvalue weighted by molar-refractivity contribution is 5.87. The van der Waals surface area contributed by atoms with Crippen molar-refractivity contribution in [3.8, 4) is 0 Å². The largest absolute Gasteiger partial charge is 0.463 e. The number of hydrogen-bond acceptors (Lipinski definition) is 8. The van der Waals surface area contributed by atoms with Crippen molar-refractivity contribution in [2.75, 3.05) is 6.61 Å². The summed E-state index contributed by atoms with van der Waals surface area (Å²) < 4.78 is 16.3. The summed E-state index contributed by atoms with van der Waals surface area (Å²) in [6.07, 6.45) is 6.01. The lowest BCUT2D eigenvalue weighted by atomic mass is 9.83. The first kappa shape index (κ1) is 31.4. The van der Waals surface area contributed by atoms with Crippen molar-refractivity contribution in [2.24, 2.45) is 5.92 Å². The number of unbranched alkanes of at least 4 members (excludes halogenated alkanes) is 1. The second kappa shape index (κ2) is 16.8. The summed E-state index contributed by atoms with van der Waals surface area (Å²) in [6.45, 7) is 1.63. The SMILES string of the molecule is CCCCC1CCCC(=O)OC[C@H](NC(=O)OCc2ccccc2)C(=O)N[C@@H](CC2CCCCC2)[C@@H](O)C(=O)O1. The monoisotopic (exact) mass is 560 g/mol. The molecule has 1 unspecified atom stereocenters. The molecule has 1 aliphatic carbocycles. The second-order valence-corrected chi connectivity index (χ2v) is 10.8. The summed E-state index contributed by atoms with van der Waals surface area (Å²) in [6, 6.07) is 6.88. The van der Waals surface area contributed by atoms with Crippen molar-refractivity contribution < 1.29 is 38.5 Å². The van der Waals surface area contributed by atoms with Gasteiger partial charge in [-0.15, -0.1) is 0 Å². The van der Waals surface area contributed by atoms with Crippen LogP contribution in [0.5, 0.6) is 0 Å². The maximum atomic E-state index is 13.4. The van der Waals surface area contributed by atoms with Crippen molar-refractivity contribution in [1.29, 1.82) is 0 Å². The van der Waals surface area contributed by atoms with Crippen LogP contribution in [-0.4, -0.2) is 59.9 Å². The minimum Gasteiger partial charge on any atom is -0.463 e. The molecule has 10 heteroatoms. The Morgan fingerprint density at radius 2 is 1.82 bits per heavy atom. The molecule has 2 fully saturated rings. The lowest BCUT2D eigenvalue weighted by Crippen LogP contribution is -2.56. The number of cyclic esters (lactones) is 2. The Morgan fingerprint density at radius 1 is 1.07 bits per heavy atom. The van der Waals surface area contributed by atoms with Gasteiger partial charge in [-0.25, -0.2) is 9.59 Å². The molecule has 1 heterocycles. The minimum atomic E-state index is -1.56. The van der Waals surface area contributed by atoms with E-state index >= 15 is 0 Å². The van der Waals surface area contributed by atoms with Gasteiger partial charge in [0.2, 0.25) is 5.91 Å². The fraction of sp³-hybridized carbons (Fsp3) is 0.667. The maximum Gasteiger partial charge on any atom is 0.408 e. The third-order valence-corrected chi connectivity index (χ3v) is 7.56. The molecule has 222 valence electrons. The van der Waals surface area contributed by atoms with E-state index in [4.69, 9.17) is 14.2 Å². The molecule has 1 saturated carbocycles. The van der Waals surface area contributed by atoms with Gasteiger partial charge >= 0.3 is 18.0 Å². The van der Waals surface area contributed by atoms with Crippen molar-refractivity contribution in [1.82, 2.24) is 10.6 Å². The number of hydrogen-bond donors (Lipinski definition) is 3. The molecule has 1 saturated heterocycles. The molecule has 0 radical (unpaired) electrons. The summed E-state index contributed by atoms with van der Waals surface area (Å²) in [7, 11) is 0. The molecule has 10 nitrogen and oxygen atoms in total. The lowest BCUT2D eigenvalue weighted by Gasteiger charge is -2.31. The summed E-state index contributed by atoms with van der Waals surface area (Å²) in [5.74, 6) is -1.75. The van der Waals surface area contributed by atoms with E-state index in [-0.39, 0.29) is 18.9 Å². The molecule has 0 bridgehead atoms. The Balaban J connectivity index is 1.74. The van der Waals surface area contributed by atoms with E-state index in [9.17, 15) is 24.3 Å². The van der Waals surface area contributed by atoms with Crippen LogP contribution >= 0.6 is 0 Å². The van der Waals surface area contributed by atoms with Gasteiger partial charge in [-0.05, 0) is 37.2 Å². The molecule has 4 atom stereocenters. The lowest BCUT2D eigenvalue weighted by molar-refractivity contribution is -0.162. The number of esters is 2. The van der Waals surface area contributed by atoms with E-state index in [2.05, 4.69) is 10.6 Å². The fourth-order valence-electron chi connectivity index (χ4n) is 5.24. The first-order chi connectivity index (χ1) is 19.4. The molecule has 2 aliphatic rings. The van der Waals surface area contributed by atoms with Crippen LogP contribution in [0, 0.1) is 5.92 Å². The van der Waals surface area contributed by atoms with E-state index in [1.807, 2.05) is 25.1 Å². The van der Waals surface area contributed by atoms with Gasteiger partial charge in [0.1, 0.15) is 25.4 Å². The molecular weight excluding hydrogens is 516 g/mol. The molecule has 1 aromatic carbocycles. The van der Waals surface area contributed by atoms with Gasteiger partial charge in [-0.2, -0.15) is 0 Å². The predicted octanol–water partition coefficient (Wildman–Crippen LogP) is 3.93. The number of carbonyl (C=O) groups excluding carboxylic acids is 4. The Hall–Kier alpha value is -3.14. The van der Waals surface area contributed by atoms with E-state index in [0.717, 1.165) is 50.5 Å². The van der Waals surface area contributed by atoms with Gasteiger partial charge in [0.15, 0.2) is 6.10 Å². The molecule has 3 N–H and O–H groups in total. The average molecular weight is 561 g/mol. The average Bonchev–Trinajstić information content (AvgIpc) is 2.96. The van der Waals surface area contributed by atoms with Crippen LogP contribution in [0.15, 0.2) is 30.3 Å². The van der Waals surface area contributed by atoms with Crippen LogP contribution in [0.1, 0.15) is 89.5 Å². The number of alkyl carbamates (subject to hydrolysis) is 1. The Bertz CT molecular complexity index is 950. The van der Waals surface area contributed by atoms with Gasteiger partial charge < -0.3 is 30.0 Å². The molecular formula is C30H44N2O8. The second-order valence-electron chi connectivity index (χ2n) is 10.8. The first-order valence-electron chi connectivity index (χ1n) is 14.7. The molecule has 0 aromatic heterocycles. The van der Waals surface area contributed by atoms with E-state index < -0.39 is 54.8 Å². The normalized spacial score (nSPS) is 25.6. The number of ether oxygens (including phenoxy) is 3. The Morgan fingerprint density at radius 3 is 2.55 bits per heavy atom. The van der Waals surface area contributed by atoms with Gasteiger partial charge in [0, 0.05) is 6.42 Å². The van der Waals surface area contributed by atoms with Gasteiger partial charge in [0.25, 0.3) is 0 Å². The number of rotatable bonds is 8. The van der Waals surface area contributed by atoms with Crippen LogP contribution in [0.25, 0.3) is 0 Å². The fourth-order valence-corrected chi connectivity index (χ4v) is 5.24. The number of nitrogens with one attached hydrogen (secondary N) is 2. The minimum absolute atomic E-state index is 0.00510. The van der Waals surface area contributed by atoms with Gasteiger partial charge in [0.05, 0.1) is 6.04 Å². The van der Waals surface area contributed by atoms with Crippen LogP contribution < -0.4 is 10.6 Å². The molecule has 1 aromatic rings. The molecule has 1 aliphatic heterocycles. The quantitative estimate of drug-likeness (QED) is 0.321. The predicted molar refractivity (Wildman–Crippen MR) is 147 cm³/mol. The van der Waals surface area contributed by atoms with Crippen LogP contribution in [-0.2, 0) is 35.2 Å². The Labute approximate surface area is 236 Å². The van der Waals surface area contributed by atoms with Crippen LogP contribution in [0.4, 0.5) is 4.79 Å². The number of carbonyl (C=O) groups is 4. The summed E-state index contributed by atoms with van der Waals surface area (Å²) in [4.78, 5) is 51.4. The number of amides is 2. The van der Waals surface area contributed by atoms with Gasteiger partial charge in [-0.3, -0.25) is 9.59 Å². The van der Waals surface area contributed by atoms with Crippen LogP contribution in [0.3, 0.4) is 0 Å². The van der Waals surface area contributed by atoms with Crippen molar-refractivity contribution in [3.63, 3.8) is 0 Å². The smallest absolute Gasteiger partial charge is 0.408 e. The standard InChI is InChI=1S/C30H44N2O8/c1-2-3-15-23-16-10-17-26(33)38-20-25(32-30(37)39-19-22-13-8-5-9-14-22)28(35)31-24(27(34)29(36)40-23)18-21-11-6-4-7-12-21/h5,8-9,13-14,21,23-25,27,34H,2-4,6-7,10-12,15-20H2,1H3,(H,31,35)(H,32,37)/t23?,24-,25-,27+/m0/s1. The summed E-state index contributed by atoms with van der Waals surface area (Å²) in [5.41, 5.74) is 0.769. The van der Waals surface area contributed by atoms with Crippen LogP contribution in [0.2, 0.25) is 0 Å². The summed E-state index contributed by atoms with van der Waals surface area (Å²) in [5, 5.41) is 16.3. The Kier molecular flexibility index (Phi) is 13.2. The first-order valence-corrected chi connectivity index (χ1v) is 14.7. The third kappa shape index (κ3) is 10.8. The zero-order valence-electron chi connectivity index (χ0n) is 23.5. The number of benzene rings is 1. The highest BCUT2D eigenvalue weighted by Gasteiger charge is 2.35. The van der Waals surface area contributed by atoms with Crippen molar-refractivity contribution in [2.45, 2.75) is 115 Å². The molecule has 2 amide bonds. The van der Waals surface area contributed by atoms with E-state index in [1.54, 1.807) is 12.1 Å². The zero-order valence-corrected chi connectivity index (χ0v) is 23.5. The number of aliphatic hydroxyl groups is 1. The number of aliphatic hydroxyl groups excluding tert-OH is 1. The molecule has 3 rings (SSSR count). The highest BCUT2D eigenvalue weighted by Crippen LogP contribution is 2.28. The topological polar surface area (TPSA) is 140 Å². The maximum absolute atomic E-state index is 13.4. The van der Waals surface area contributed by atoms with E-state index in [1.165, 1.54) is 0 Å².